The molecule has 20 heavy (non-hydrogen) atoms. The molecule has 1 N–H and O–H groups in total. The van der Waals surface area contributed by atoms with Crippen LogP contribution in [0.4, 0.5) is 0 Å². The second-order valence-electron chi connectivity index (χ2n) is 4.89. The van der Waals surface area contributed by atoms with Crippen LogP contribution in [0.25, 0.3) is 0 Å². The highest BCUT2D eigenvalue weighted by Crippen LogP contribution is 2.19. The molecule has 0 saturated carbocycles. The molecule has 1 rings (SSSR count). The van der Waals surface area contributed by atoms with Gasteiger partial charge in [0.25, 0.3) is 0 Å². The molecule has 10 heteroatoms. The van der Waals surface area contributed by atoms with Crippen LogP contribution in [0.5, 0.6) is 0 Å². The van der Waals surface area contributed by atoms with Gasteiger partial charge in [0, 0.05) is 12.3 Å². The highest BCUT2D eigenvalue weighted by Gasteiger charge is 2.39. The minimum absolute atomic E-state index is 0.123. The first-order valence-electron chi connectivity index (χ1n) is 5.85. The summed E-state index contributed by atoms with van der Waals surface area (Å²) in [4.78, 5) is 23.8. The Hall–Kier alpha value is -1.16. The summed E-state index contributed by atoms with van der Waals surface area (Å²) in [5, 5.41) is 7.42. The van der Waals surface area contributed by atoms with Crippen molar-refractivity contribution in [2.45, 2.75) is 24.6 Å². The second kappa shape index (κ2) is 5.68. The molecule has 1 heterocycles. The molecule has 0 aliphatic carbocycles. The van der Waals surface area contributed by atoms with Crippen LogP contribution in [0, 0.1) is 0 Å². The Bertz CT molecular complexity index is 608. The summed E-state index contributed by atoms with van der Waals surface area (Å²) in [5.41, 5.74) is 0. The molecular weight excluding hydrogens is 310 g/mol. The lowest BCUT2D eigenvalue weighted by molar-refractivity contribution is -0.145. The summed E-state index contributed by atoms with van der Waals surface area (Å²) in [6.07, 6.45) is 0.998. The molecule has 0 aromatic heterocycles. The summed E-state index contributed by atoms with van der Waals surface area (Å²) in [6, 6.07) is -0.784. The van der Waals surface area contributed by atoms with E-state index < -0.39 is 49.4 Å². The van der Waals surface area contributed by atoms with E-state index in [9.17, 15) is 26.4 Å². The van der Waals surface area contributed by atoms with Gasteiger partial charge in [-0.15, -0.1) is 0 Å². The van der Waals surface area contributed by atoms with Gasteiger partial charge in [-0.05, 0) is 13.3 Å². The fourth-order valence-electron chi connectivity index (χ4n) is 1.97. The van der Waals surface area contributed by atoms with Crippen molar-refractivity contribution in [3.63, 3.8) is 0 Å². The van der Waals surface area contributed by atoms with Crippen LogP contribution in [0.1, 0.15) is 13.3 Å². The van der Waals surface area contributed by atoms with E-state index in [4.69, 9.17) is 5.11 Å². The number of hydrogen-bond donors (Lipinski definition) is 1. The maximum absolute atomic E-state index is 12.1. The van der Waals surface area contributed by atoms with Crippen molar-refractivity contribution >= 4 is 31.6 Å². The summed E-state index contributed by atoms with van der Waals surface area (Å²) < 4.78 is 45.6. The zero-order chi connectivity index (χ0) is 15.7. The lowest BCUT2D eigenvalue weighted by atomic mass is 10.2. The number of carboxylic acid groups (broad SMARTS) is 1. The molecule has 2 atom stereocenters. The number of nitrogens with zero attached hydrogens (tertiary/aromatic N) is 1. The molecule has 116 valence electrons. The topological polar surface area (TPSA) is 126 Å². The number of carbonyl (C=O) groups is 2. The zero-order valence-electron chi connectivity index (χ0n) is 11.1. The predicted molar refractivity (Wildman–Crippen MR) is 70.7 cm³/mol. The van der Waals surface area contributed by atoms with Gasteiger partial charge in [-0.3, -0.25) is 9.59 Å². The van der Waals surface area contributed by atoms with Crippen molar-refractivity contribution in [2.24, 2.45) is 0 Å². The third-order valence-electron chi connectivity index (χ3n) is 3.23. The normalized spacial score (nSPS) is 23.2. The van der Waals surface area contributed by atoms with Crippen LogP contribution in [0.15, 0.2) is 0 Å². The molecule has 1 amide bonds. The standard InChI is InChI=1S/C10H17NO7S2/c1-7(19(2,15)16)10(14)11(5-9(12)13)8-3-4-20(17,18)6-8/h7-8H,3-6H2,1-2H3,(H,12,13). The van der Waals surface area contributed by atoms with E-state index in [0.717, 1.165) is 18.1 Å². The van der Waals surface area contributed by atoms with Gasteiger partial charge in [-0.25, -0.2) is 16.8 Å². The number of aliphatic carboxylic acids is 1. The van der Waals surface area contributed by atoms with E-state index in [-0.39, 0.29) is 17.9 Å². The van der Waals surface area contributed by atoms with Gasteiger partial charge >= 0.3 is 5.97 Å². The Morgan fingerprint density at radius 2 is 1.95 bits per heavy atom. The maximum Gasteiger partial charge on any atom is 0.323 e. The molecule has 0 spiro atoms. The first kappa shape index (κ1) is 16.9. The predicted octanol–water partition coefficient (Wildman–Crippen LogP) is -1.48. The van der Waals surface area contributed by atoms with Gasteiger partial charge < -0.3 is 10.0 Å². The number of amides is 1. The van der Waals surface area contributed by atoms with Crippen LogP contribution < -0.4 is 0 Å². The van der Waals surface area contributed by atoms with Crippen molar-refractivity contribution in [3.8, 4) is 0 Å². The zero-order valence-corrected chi connectivity index (χ0v) is 12.8. The van der Waals surface area contributed by atoms with E-state index in [2.05, 4.69) is 0 Å². The summed E-state index contributed by atoms with van der Waals surface area (Å²) in [5.74, 6) is -2.66. The largest absolute Gasteiger partial charge is 0.480 e. The van der Waals surface area contributed by atoms with E-state index in [1.807, 2.05) is 0 Å². The van der Waals surface area contributed by atoms with Crippen LogP contribution in [0.2, 0.25) is 0 Å². The van der Waals surface area contributed by atoms with Crippen molar-refractivity contribution in [1.29, 1.82) is 0 Å². The van der Waals surface area contributed by atoms with Crippen molar-refractivity contribution in [1.82, 2.24) is 4.90 Å². The number of carboxylic acids is 1. The fraction of sp³-hybridized carbons (Fsp3) is 0.800. The van der Waals surface area contributed by atoms with Crippen molar-refractivity contribution in [2.75, 3.05) is 24.3 Å². The fourth-order valence-corrected chi connectivity index (χ4v) is 4.20. The summed E-state index contributed by atoms with van der Waals surface area (Å²) >= 11 is 0. The molecule has 1 saturated heterocycles. The van der Waals surface area contributed by atoms with Crippen LogP contribution in [-0.4, -0.2) is 74.3 Å². The van der Waals surface area contributed by atoms with E-state index in [0.29, 0.717) is 0 Å². The molecule has 2 unspecified atom stereocenters. The Morgan fingerprint density at radius 1 is 1.40 bits per heavy atom. The summed E-state index contributed by atoms with van der Waals surface area (Å²) in [7, 11) is -6.98. The average molecular weight is 327 g/mol. The van der Waals surface area contributed by atoms with Gasteiger partial charge in [0.15, 0.2) is 19.7 Å². The Kier molecular flexibility index (Phi) is 4.80. The van der Waals surface area contributed by atoms with Crippen molar-refractivity contribution < 1.29 is 31.5 Å². The van der Waals surface area contributed by atoms with Gasteiger partial charge in [0.1, 0.15) is 11.8 Å². The molecular formula is C10H17NO7S2. The highest BCUT2D eigenvalue weighted by molar-refractivity contribution is 7.92. The molecule has 8 nitrogen and oxygen atoms in total. The van der Waals surface area contributed by atoms with E-state index >= 15 is 0 Å². The van der Waals surface area contributed by atoms with Gasteiger partial charge in [0.05, 0.1) is 11.5 Å². The number of sulfone groups is 2. The van der Waals surface area contributed by atoms with E-state index in [1.165, 1.54) is 0 Å². The average Bonchev–Trinajstić information content (AvgIpc) is 2.63. The number of carbonyl (C=O) groups excluding carboxylic acids is 1. The van der Waals surface area contributed by atoms with Gasteiger partial charge in [-0.2, -0.15) is 0 Å². The van der Waals surface area contributed by atoms with Crippen molar-refractivity contribution in [3.05, 3.63) is 0 Å². The second-order valence-corrected chi connectivity index (χ2v) is 9.48. The minimum Gasteiger partial charge on any atom is -0.480 e. The number of hydrogen-bond acceptors (Lipinski definition) is 6. The first-order valence-corrected chi connectivity index (χ1v) is 9.63. The first-order chi connectivity index (χ1) is 8.94. The van der Waals surface area contributed by atoms with Crippen LogP contribution in [0.3, 0.4) is 0 Å². The molecule has 0 bridgehead atoms. The molecule has 1 aliphatic rings. The lowest BCUT2D eigenvalue weighted by Crippen LogP contribution is -2.49. The quantitative estimate of drug-likeness (QED) is 0.652. The SMILES string of the molecule is CC(C(=O)N(CC(=O)O)C1CCS(=O)(=O)C1)S(C)(=O)=O. The molecule has 1 aliphatic heterocycles. The molecule has 0 radical (unpaired) electrons. The molecule has 1 fully saturated rings. The lowest BCUT2D eigenvalue weighted by Gasteiger charge is -2.28. The minimum atomic E-state index is -3.67. The number of rotatable bonds is 5. The molecule has 0 aromatic carbocycles. The van der Waals surface area contributed by atoms with Gasteiger partial charge in [-0.1, -0.05) is 0 Å². The smallest absolute Gasteiger partial charge is 0.323 e. The molecule has 0 aromatic rings. The monoisotopic (exact) mass is 327 g/mol. The van der Waals surface area contributed by atoms with Gasteiger partial charge in [0.2, 0.25) is 5.91 Å². The van der Waals surface area contributed by atoms with Crippen LogP contribution >= 0.6 is 0 Å². The Morgan fingerprint density at radius 3 is 2.30 bits per heavy atom. The van der Waals surface area contributed by atoms with E-state index in [1.54, 1.807) is 0 Å². The highest BCUT2D eigenvalue weighted by atomic mass is 32.2. The third kappa shape index (κ3) is 4.17. The third-order valence-corrected chi connectivity index (χ3v) is 6.46. The van der Waals surface area contributed by atoms with Crippen LogP contribution in [-0.2, 0) is 29.3 Å². The maximum atomic E-state index is 12.1. The summed E-state index contributed by atoms with van der Waals surface area (Å²) in [6.45, 7) is 0.453. The Balaban J connectivity index is 3.02. The Labute approximate surface area is 117 Å².